The number of piperazine rings is 1. The molecular formula is C14H20Cl2N2O2. The maximum atomic E-state index is 12.0. The van der Waals surface area contributed by atoms with Gasteiger partial charge in [0.1, 0.15) is 5.75 Å². The van der Waals surface area contributed by atoms with Crippen molar-refractivity contribution in [1.29, 1.82) is 0 Å². The number of hydrogen-bond acceptors (Lipinski definition) is 3. The summed E-state index contributed by atoms with van der Waals surface area (Å²) >= 11 is 5.94. The lowest BCUT2D eigenvalue weighted by atomic mass is 10.2. The van der Waals surface area contributed by atoms with E-state index in [1.807, 2.05) is 17.9 Å². The summed E-state index contributed by atoms with van der Waals surface area (Å²) in [6.07, 6.45) is 0. The lowest BCUT2D eigenvalue weighted by Crippen LogP contribution is -2.52. The van der Waals surface area contributed by atoms with E-state index >= 15 is 0 Å². The maximum absolute atomic E-state index is 12.0. The summed E-state index contributed by atoms with van der Waals surface area (Å²) in [5.41, 5.74) is 0.947. The molecule has 0 spiro atoms. The Bertz CT molecular complexity index is 468. The summed E-state index contributed by atoms with van der Waals surface area (Å²) in [5, 5.41) is 4.01. The van der Waals surface area contributed by atoms with Gasteiger partial charge in [-0.25, -0.2) is 0 Å². The highest BCUT2D eigenvalue weighted by Gasteiger charge is 2.20. The summed E-state index contributed by atoms with van der Waals surface area (Å²) in [4.78, 5) is 13.9. The van der Waals surface area contributed by atoms with Crippen molar-refractivity contribution >= 4 is 29.9 Å². The zero-order chi connectivity index (χ0) is 13.8. The van der Waals surface area contributed by atoms with E-state index < -0.39 is 0 Å². The zero-order valence-corrected chi connectivity index (χ0v) is 13.3. The van der Waals surface area contributed by atoms with Crippen LogP contribution in [-0.4, -0.2) is 43.1 Å². The molecule has 1 aliphatic heterocycles. The number of aryl methyl sites for hydroxylation is 1. The normalized spacial score (nSPS) is 18.4. The fourth-order valence-corrected chi connectivity index (χ4v) is 2.22. The first-order valence-electron chi connectivity index (χ1n) is 6.46. The Balaban J connectivity index is 0.00000200. The van der Waals surface area contributed by atoms with Crippen molar-refractivity contribution in [3.05, 3.63) is 28.8 Å². The highest BCUT2D eigenvalue weighted by atomic mass is 35.5. The largest absolute Gasteiger partial charge is 0.484 e. The fraction of sp³-hybridized carbons (Fsp3) is 0.500. The first kappa shape index (κ1) is 17.1. The van der Waals surface area contributed by atoms with Crippen molar-refractivity contribution in [2.45, 2.75) is 19.9 Å². The lowest BCUT2D eigenvalue weighted by Gasteiger charge is -2.31. The number of halogens is 2. The molecule has 1 aliphatic rings. The Morgan fingerprint density at radius 2 is 2.30 bits per heavy atom. The zero-order valence-electron chi connectivity index (χ0n) is 11.7. The van der Waals surface area contributed by atoms with Crippen LogP contribution in [0.2, 0.25) is 5.02 Å². The van der Waals surface area contributed by atoms with Gasteiger partial charge in [-0.2, -0.15) is 0 Å². The number of nitrogens with zero attached hydrogens (tertiary/aromatic N) is 1. The van der Waals surface area contributed by atoms with Gasteiger partial charge in [0, 0.05) is 30.7 Å². The molecule has 1 heterocycles. The van der Waals surface area contributed by atoms with Crippen LogP contribution in [-0.2, 0) is 4.79 Å². The minimum Gasteiger partial charge on any atom is -0.484 e. The van der Waals surface area contributed by atoms with Crippen LogP contribution in [0.5, 0.6) is 5.75 Å². The smallest absolute Gasteiger partial charge is 0.260 e. The molecule has 20 heavy (non-hydrogen) atoms. The standard InChI is InChI=1S/C14H19ClN2O2.ClH/c1-10-7-12(3-4-13(10)15)19-9-14(18)17-6-5-16-11(2)8-17;/h3-4,7,11,16H,5-6,8-9H2,1-2H3;1H. The molecule has 1 aromatic carbocycles. The Hall–Kier alpha value is -0.970. The number of hydrogen-bond donors (Lipinski definition) is 1. The van der Waals surface area contributed by atoms with Crippen LogP contribution in [0.25, 0.3) is 0 Å². The molecule has 4 nitrogen and oxygen atoms in total. The molecule has 2 rings (SSSR count). The number of amides is 1. The van der Waals surface area contributed by atoms with Crippen molar-refractivity contribution in [1.82, 2.24) is 10.2 Å². The van der Waals surface area contributed by atoms with Gasteiger partial charge in [-0.3, -0.25) is 4.79 Å². The molecule has 0 radical (unpaired) electrons. The van der Waals surface area contributed by atoms with E-state index in [0.717, 1.165) is 25.2 Å². The van der Waals surface area contributed by atoms with Gasteiger partial charge in [0.25, 0.3) is 5.91 Å². The molecular weight excluding hydrogens is 299 g/mol. The van der Waals surface area contributed by atoms with Gasteiger partial charge in [-0.15, -0.1) is 12.4 Å². The molecule has 1 aromatic rings. The second-order valence-electron chi connectivity index (χ2n) is 4.89. The van der Waals surface area contributed by atoms with Crippen molar-refractivity contribution in [3.8, 4) is 5.75 Å². The van der Waals surface area contributed by atoms with E-state index in [2.05, 4.69) is 12.2 Å². The highest BCUT2D eigenvalue weighted by molar-refractivity contribution is 6.31. The molecule has 112 valence electrons. The molecule has 1 saturated heterocycles. The number of ether oxygens (including phenoxy) is 1. The maximum Gasteiger partial charge on any atom is 0.260 e. The third-order valence-corrected chi connectivity index (χ3v) is 3.64. The quantitative estimate of drug-likeness (QED) is 0.929. The predicted molar refractivity (Wildman–Crippen MR) is 83.0 cm³/mol. The van der Waals surface area contributed by atoms with Crippen molar-refractivity contribution < 1.29 is 9.53 Å². The van der Waals surface area contributed by atoms with E-state index in [1.54, 1.807) is 12.1 Å². The average molecular weight is 319 g/mol. The predicted octanol–water partition coefficient (Wildman–Crippen LogP) is 2.27. The van der Waals surface area contributed by atoms with Gasteiger partial charge in [0.15, 0.2) is 6.61 Å². The van der Waals surface area contributed by atoms with Crippen LogP contribution in [0.3, 0.4) is 0 Å². The molecule has 1 N–H and O–H groups in total. The minimum absolute atomic E-state index is 0. The number of carbonyl (C=O) groups is 1. The summed E-state index contributed by atoms with van der Waals surface area (Å²) in [6.45, 7) is 6.38. The topological polar surface area (TPSA) is 41.6 Å². The summed E-state index contributed by atoms with van der Waals surface area (Å²) in [7, 11) is 0. The Morgan fingerprint density at radius 1 is 1.55 bits per heavy atom. The molecule has 1 atom stereocenters. The van der Waals surface area contributed by atoms with Crippen LogP contribution in [0, 0.1) is 6.92 Å². The lowest BCUT2D eigenvalue weighted by molar-refractivity contribution is -0.134. The third kappa shape index (κ3) is 4.54. The monoisotopic (exact) mass is 318 g/mol. The average Bonchev–Trinajstić information content (AvgIpc) is 2.40. The van der Waals surface area contributed by atoms with Gasteiger partial charge in [0.05, 0.1) is 0 Å². The van der Waals surface area contributed by atoms with Crippen molar-refractivity contribution in [2.75, 3.05) is 26.2 Å². The van der Waals surface area contributed by atoms with Crippen LogP contribution in [0.15, 0.2) is 18.2 Å². The second kappa shape index (κ2) is 7.72. The molecule has 1 unspecified atom stereocenters. The summed E-state index contributed by atoms with van der Waals surface area (Å²) < 4.78 is 5.52. The SMILES string of the molecule is Cc1cc(OCC(=O)N2CCNC(C)C2)ccc1Cl.Cl. The number of rotatable bonds is 3. The van der Waals surface area contributed by atoms with Gasteiger partial charge in [-0.05, 0) is 37.6 Å². The highest BCUT2D eigenvalue weighted by Crippen LogP contribution is 2.21. The van der Waals surface area contributed by atoms with Crippen molar-refractivity contribution in [3.63, 3.8) is 0 Å². The Kier molecular flexibility index (Phi) is 6.59. The number of nitrogens with one attached hydrogen (secondary N) is 1. The summed E-state index contributed by atoms with van der Waals surface area (Å²) in [6, 6.07) is 5.75. The van der Waals surface area contributed by atoms with E-state index in [4.69, 9.17) is 16.3 Å². The molecule has 0 bridgehead atoms. The van der Waals surface area contributed by atoms with Crippen LogP contribution in [0.4, 0.5) is 0 Å². The van der Waals surface area contributed by atoms with Gasteiger partial charge >= 0.3 is 0 Å². The first-order chi connectivity index (χ1) is 9.06. The van der Waals surface area contributed by atoms with Crippen LogP contribution >= 0.6 is 24.0 Å². The van der Waals surface area contributed by atoms with E-state index in [1.165, 1.54) is 0 Å². The third-order valence-electron chi connectivity index (χ3n) is 3.21. The fourth-order valence-electron chi connectivity index (χ4n) is 2.10. The van der Waals surface area contributed by atoms with Gasteiger partial charge in [0.2, 0.25) is 0 Å². The molecule has 6 heteroatoms. The second-order valence-corrected chi connectivity index (χ2v) is 5.30. The van der Waals surface area contributed by atoms with Crippen molar-refractivity contribution in [2.24, 2.45) is 0 Å². The molecule has 1 amide bonds. The first-order valence-corrected chi connectivity index (χ1v) is 6.84. The molecule has 0 saturated carbocycles. The van der Waals surface area contributed by atoms with Gasteiger partial charge < -0.3 is 15.0 Å². The Labute approximate surface area is 130 Å². The number of benzene rings is 1. The molecule has 1 fully saturated rings. The Morgan fingerprint density at radius 3 is 2.95 bits per heavy atom. The molecule has 0 aliphatic carbocycles. The molecule has 0 aromatic heterocycles. The summed E-state index contributed by atoms with van der Waals surface area (Å²) in [5.74, 6) is 0.708. The van der Waals surface area contributed by atoms with E-state index in [9.17, 15) is 4.79 Å². The minimum atomic E-state index is 0. The van der Waals surface area contributed by atoms with Crippen LogP contribution in [0.1, 0.15) is 12.5 Å². The number of carbonyl (C=O) groups excluding carboxylic acids is 1. The van der Waals surface area contributed by atoms with Gasteiger partial charge in [-0.1, -0.05) is 11.6 Å². The van der Waals surface area contributed by atoms with Crippen LogP contribution < -0.4 is 10.1 Å². The van der Waals surface area contributed by atoms with E-state index in [0.29, 0.717) is 16.8 Å². The van der Waals surface area contributed by atoms with E-state index in [-0.39, 0.29) is 24.9 Å².